The Morgan fingerprint density at radius 3 is 1.75 bits per heavy atom. The minimum absolute atomic E-state index is 0.196. The van der Waals surface area contributed by atoms with E-state index in [1.807, 2.05) is 0 Å². The summed E-state index contributed by atoms with van der Waals surface area (Å²) < 4.78 is 17.3. The number of ether oxygens (including phenoxy) is 3. The van der Waals surface area contributed by atoms with Gasteiger partial charge in [-0.15, -0.1) is 5.92 Å². The maximum absolute atomic E-state index is 5.80. The first-order valence-corrected chi connectivity index (χ1v) is 12.6. The second-order valence-electron chi connectivity index (χ2n) is 9.75. The van der Waals surface area contributed by atoms with E-state index in [-0.39, 0.29) is 5.41 Å². The molecule has 0 radical (unpaired) electrons. The number of methoxy groups -OCH3 is 2. The van der Waals surface area contributed by atoms with Crippen molar-refractivity contribution in [3.8, 4) is 11.8 Å². The monoisotopic (exact) mass is 444 g/mol. The van der Waals surface area contributed by atoms with E-state index in [9.17, 15) is 0 Å². The third kappa shape index (κ3) is 10.1. The van der Waals surface area contributed by atoms with Crippen molar-refractivity contribution in [3.63, 3.8) is 0 Å². The van der Waals surface area contributed by atoms with E-state index < -0.39 is 5.79 Å². The molecule has 0 unspecified atom stereocenters. The molecule has 0 fully saturated rings. The molecule has 0 saturated carbocycles. The number of rotatable bonds is 16. The highest BCUT2D eigenvalue weighted by molar-refractivity contribution is 5.27. The molecule has 182 valence electrons. The van der Waals surface area contributed by atoms with Gasteiger partial charge in [0.1, 0.15) is 6.61 Å². The average molecular weight is 445 g/mol. The molecule has 0 bridgehead atoms. The highest BCUT2D eigenvalue weighted by atomic mass is 16.7. The first-order valence-electron chi connectivity index (χ1n) is 12.6. The van der Waals surface area contributed by atoms with Crippen LogP contribution in [-0.2, 0) is 26.6 Å². The zero-order valence-electron chi connectivity index (χ0n) is 21.7. The molecule has 0 aromatic heterocycles. The average Bonchev–Trinajstić information content (AvgIpc) is 2.77. The van der Waals surface area contributed by atoms with Gasteiger partial charge in [-0.1, -0.05) is 116 Å². The first-order chi connectivity index (χ1) is 15.4. The van der Waals surface area contributed by atoms with Gasteiger partial charge in [0.25, 0.3) is 0 Å². The van der Waals surface area contributed by atoms with Gasteiger partial charge in [0.2, 0.25) is 0 Å². The number of hydrogen-bond donors (Lipinski definition) is 0. The standard InChI is InChI=1S/C29H48O3/c1-7-8-9-10-11-12-13-14-15-16-17-18-19-24-32-25-26-20-22-27(23-21-26)29(30-5,31-6)28(2,3)4/h20-23H,7-17,24-25H2,1-6H3. The Morgan fingerprint density at radius 2 is 1.25 bits per heavy atom. The van der Waals surface area contributed by atoms with Crippen LogP contribution >= 0.6 is 0 Å². The largest absolute Gasteiger partial charge is 0.364 e. The Kier molecular flexibility index (Phi) is 14.6. The maximum Gasteiger partial charge on any atom is 0.199 e. The van der Waals surface area contributed by atoms with Crippen LogP contribution in [0.5, 0.6) is 0 Å². The van der Waals surface area contributed by atoms with Crippen LogP contribution in [0.15, 0.2) is 24.3 Å². The molecular formula is C29H48O3. The predicted molar refractivity (Wildman–Crippen MR) is 135 cm³/mol. The van der Waals surface area contributed by atoms with Crippen LogP contribution in [0, 0.1) is 17.3 Å². The summed E-state index contributed by atoms with van der Waals surface area (Å²) in [6.45, 7) is 9.68. The summed E-state index contributed by atoms with van der Waals surface area (Å²) in [5.74, 6) is 5.63. The van der Waals surface area contributed by atoms with E-state index >= 15 is 0 Å². The van der Waals surface area contributed by atoms with Gasteiger partial charge in [-0.2, -0.15) is 0 Å². The molecule has 0 amide bonds. The Labute approximate surface area is 198 Å². The Bertz CT molecular complexity index is 642. The smallest absolute Gasteiger partial charge is 0.199 e. The van der Waals surface area contributed by atoms with E-state index in [0.29, 0.717) is 13.2 Å². The van der Waals surface area contributed by atoms with Crippen molar-refractivity contribution in [2.45, 2.75) is 111 Å². The summed E-state index contributed by atoms with van der Waals surface area (Å²) in [6, 6.07) is 8.28. The van der Waals surface area contributed by atoms with E-state index in [1.165, 1.54) is 64.2 Å². The second-order valence-corrected chi connectivity index (χ2v) is 9.75. The second kappa shape index (κ2) is 16.3. The van der Waals surface area contributed by atoms with Gasteiger partial charge in [0.15, 0.2) is 5.79 Å². The molecule has 1 aromatic rings. The summed E-state index contributed by atoms with van der Waals surface area (Å²) in [5.41, 5.74) is 1.94. The van der Waals surface area contributed by atoms with Crippen molar-refractivity contribution in [2.24, 2.45) is 5.41 Å². The fraction of sp³-hybridized carbons (Fsp3) is 0.724. The topological polar surface area (TPSA) is 27.7 Å². The number of unbranched alkanes of at least 4 members (excludes halogenated alkanes) is 10. The predicted octanol–water partition coefficient (Wildman–Crippen LogP) is 8.01. The van der Waals surface area contributed by atoms with Gasteiger partial charge in [-0.05, 0) is 12.0 Å². The third-order valence-electron chi connectivity index (χ3n) is 6.12. The summed E-state index contributed by atoms with van der Waals surface area (Å²) in [7, 11) is 3.39. The van der Waals surface area contributed by atoms with Crippen LogP contribution in [0.1, 0.15) is 109 Å². The van der Waals surface area contributed by atoms with E-state index in [0.717, 1.165) is 17.5 Å². The highest BCUT2D eigenvalue weighted by Gasteiger charge is 2.44. The lowest BCUT2D eigenvalue weighted by Crippen LogP contribution is -2.43. The van der Waals surface area contributed by atoms with Crippen molar-refractivity contribution in [1.82, 2.24) is 0 Å². The number of benzene rings is 1. The summed E-state index contributed by atoms with van der Waals surface area (Å²) in [5, 5.41) is 0. The van der Waals surface area contributed by atoms with Gasteiger partial charge < -0.3 is 14.2 Å². The molecule has 0 aliphatic carbocycles. The van der Waals surface area contributed by atoms with E-state index in [1.54, 1.807) is 14.2 Å². The van der Waals surface area contributed by atoms with Crippen LogP contribution in [0.4, 0.5) is 0 Å². The molecule has 0 atom stereocenters. The van der Waals surface area contributed by atoms with Crippen LogP contribution in [-0.4, -0.2) is 20.8 Å². The van der Waals surface area contributed by atoms with Crippen molar-refractivity contribution in [2.75, 3.05) is 20.8 Å². The van der Waals surface area contributed by atoms with Gasteiger partial charge in [0, 0.05) is 31.6 Å². The minimum atomic E-state index is -0.771. The first kappa shape index (κ1) is 28.7. The molecule has 0 N–H and O–H groups in total. The van der Waals surface area contributed by atoms with Crippen LogP contribution in [0.2, 0.25) is 0 Å². The van der Waals surface area contributed by atoms with Crippen molar-refractivity contribution in [1.29, 1.82) is 0 Å². The molecular weight excluding hydrogens is 396 g/mol. The third-order valence-corrected chi connectivity index (χ3v) is 6.12. The zero-order chi connectivity index (χ0) is 23.7. The van der Waals surface area contributed by atoms with Crippen LogP contribution in [0.25, 0.3) is 0 Å². The lowest BCUT2D eigenvalue weighted by molar-refractivity contribution is -0.274. The van der Waals surface area contributed by atoms with Crippen LogP contribution in [0.3, 0.4) is 0 Å². The molecule has 0 spiro atoms. The van der Waals surface area contributed by atoms with Gasteiger partial charge in [-0.3, -0.25) is 0 Å². The van der Waals surface area contributed by atoms with Gasteiger partial charge in [0.05, 0.1) is 6.61 Å². The van der Waals surface area contributed by atoms with E-state index in [2.05, 4.69) is 63.8 Å². The molecule has 32 heavy (non-hydrogen) atoms. The molecule has 1 rings (SSSR count). The van der Waals surface area contributed by atoms with Crippen LogP contribution < -0.4 is 0 Å². The maximum atomic E-state index is 5.80. The van der Waals surface area contributed by atoms with E-state index in [4.69, 9.17) is 14.2 Å². The Hall–Kier alpha value is -1.34. The zero-order valence-corrected chi connectivity index (χ0v) is 21.7. The molecule has 0 heterocycles. The minimum Gasteiger partial charge on any atom is -0.364 e. The molecule has 3 nitrogen and oxygen atoms in total. The summed E-state index contributed by atoms with van der Waals surface area (Å²) in [6.07, 6.45) is 14.6. The SMILES string of the molecule is CCCCCCCCCCCCC#CCOCc1ccc(C(OC)(OC)C(C)(C)C)cc1. The van der Waals surface area contributed by atoms with Crippen molar-refractivity contribution >= 4 is 0 Å². The lowest BCUT2D eigenvalue weighted by atomic mass is 9.80. The molecule has 0 aliphatic rings. The van der Waals surface area contributed by atoms with Gasteiger partial charge in [-0.25, -0.2) is 0 Å². The normalized spacial score (nSPS) is 11.9. The fourth-order valence-corrected chi connectivity index (χ4v) is 4.24. The summed E-state index contributed by atoms with van der Waals surface area (Å²) in [4.78, 5) is 0. The van der Waals surface area contributed by atoms with Crippen molar-refractivity contribution < 1.29 is 14.2 Å². The molecule has 0 aliphatic heterocycles. The fourth-order valence-electron chi connectivity index (χ4n) is 4.24. The summed E-state index contributed by atoms with van der Waals surface area (Å²) >= 11 is 0. The molecule has 0 saturated heterocycles. The Morgan fingerprint density at radius 1 is 0.719 bits per heavy atom. The Balaban J connectivity index is 2.20. The number of hydrogen-bond acceptors (Lipinski definition) is 3. The highest BCUT2D eigenvalue weighted by Crippen LogP contribution is 2.42. The molecule has 3 heteroatoms. The van der Waals surface area contributed by atoms with Crippen molar-refractivity contribution in [3.05, 3.63) is 35.4 Å². The molecule has 1 aromatic carbocycles. The lowest BCUT2D eigenvalue weighted by Gasteiger charge is -2.42. The van der Waals surface area contributed by atoms with Gasteiger partial charge >= 0.3 is 0 Å². The quantitative estimate of drug-likeness (QED) is 0.147.